The van der Waals surface area contributed by atoms with Gasteiger partial charge in [-0.25, -0.2) is 5.43 Å². The molecule has 7 heteroatoms. The van der Waals surface area contributed by atoms with Crippen molar-refractivity contribution < 1.29 is 9.53 Å². The summed E-state index contributed by atoms with van der Waals surface area (Å²) in [7, 11) is 0. The van der Waals surface area contributed by atoms with Gasteiger partial charge in [-0.3, -0.25) is 4.79 Å². The molecule has 4 rings (SSSR count). The number of benzene rings is 3. The molecule has 0 saturated carbocycles. The van der Waals surface area contributed by atoms with E-state index in [2.05, 4.69) is 78.1 Å². The van der Waals surface area contributed by atoms with Crippen LogP contribution in [0.4, 0.5) is 0 Å². The van der Waals surface area contributed by atoms with Crippen LogP contribution < -0.4 is 10.2 Å². The van der Waals surface area contributed by atoms with Gasteiger partial charge >= 0.3 is 0 Å². The predicted octanol–water partition coefficient (Wildman–Crippen LogP) is 7.14. The number of hydrogen-bond donors (Lipinski definition) is 1. The first-order valence-electron chi connectivity index (χ1n) is 10.8. The molecular formula is C27H23Br2N3O2. The third-order valence-corrected chi connectivity index (χ3v) is 6.40. The molecule has 0 saturated heterocycles. The molecular weight excluding hydrogens is 558 g/mol. The van der Waals surface area contributed by atoms with Gasteiger partial charge in [0, 0.05) is 16.9 Å². The molecule has 0 unspecified atom stereocenters. The van der Waals surface area contributed by atoms with Crippen molar-refractivity contribution in [3.05, 3.63) is 105 Å². The van der Waals surface area contributed by atoms with Crippen LogP contribution in [0.2, 0.25) is 0 Å². The van der Waals surface area contributed by atoms with Crippen LogP contribution in [0.1, 0.15) is 28.5 Å². The first-order chi connectivity index (χ1) is 16.5. The van der Waals surface area contributed by atoms with E-state index < -0.39 is 0 Å². The van der Waals surface area contributed by atoms with Crippen LogP contribution in [0.25, 0.3) is 16.9 Å². The summed E-state index contributed by atoms with van der Waals surface area (Å²) in [6.45, 7) is 4.56. The molecule has 1 heterocycles. The van der Waals surface area contributed by atoms with Crippen molar-refractivity contribution in [1.82, 2.24) is 9.99 Å². The third kappa shape index (κ3) is 5.32. The zero-order valence-electron chi connectivity index (χ0n) is 18.8. The van der Waals surface area contributed by atoms with Crippen molar-refractivity contribution in [1.29, 1.82) is 0 Å². The Bertz CT molecular complexity index is 1310. The number of nitrogens with zero attached hydrogens (tertiary/aromatic N) is 2. The van der Waals surface area contributed by atoms with E-state index in [1.165, 1.54) is 0 Å². The van der Waals surface area contributed by atoms with Crippen LogP contribution in [-0.2, 0) is 0 Å². The lowest BCUT2D eigenvalue weighted by atomic mass is 10.1. The number of carbonyl (C=O) groups excluding carboxylic acids is 1. The van der Waals surface area contributed by atoms with Crippen LogP contribution in [-0.4, -0.2) is 23.3 Å². The zero-order valence-corrected chi connectivity index (χ0v) is 21.9. The first kappa shape index (κ1) is 24.0. The lowest BCUT2D eigenvalue weighted by Crippen LogP contribution is -2.17. The van der Waals surface area contributed by atoms with Gasteiger partial charge in [-0.05, 0) is 105 Å². The number of nitrogens with one attached hydrogen (secondary N) is 1. The van der Waals surface area contributed by atoms with Crippen LogP contribution in [0.5, 0.6) is 5.75 Å². The van der Waals surface area contributed by atoms with E-state index in [9.17, 15) is 4.79 Å². The number of ether oxygens (including phenoxy) is 1. The Morgan fingerprint density at radius 2 is 1.68 bits per heavy atom. The minimum absolute atomic E-state index is 0.278. The number of halogens is 2. The van der Waals surface area contributed by atoms with Crippen LogP contribution in [0, 0.1) is 6.92 Å². The normalized spacial score (nSPS) is 11.1. The maximum atomic E-state index is 12.6. The monoisotopic (exact) mass is 579 g/mol. The largest absolute Gasteiger partial charge is 0.492 e. The molecule has 0 fully saturated rings. The summed E-state index contributed by atoms with van der Waals surface area (Å²) < 4.78 is 9.38. The van der Waals surface area contributed by atoms with E-state index in [1.807, 2.05) is 49.4 Å². The molecule has 34 heavy (non-hydrogen) atoms. The second-order valence-corrected chi connectivity index (χ2v) is 9.26. The zero-order chi connectivity index (χ0) is 24.1. The number of hydrazone groups is 1. The smallest absolute Gasteiger partial charge is 0.271 e. The van der Waals surface area contributed by atoms with E-state index in [0.717, 1.165) is 42.9 Å². The van der Waals surface area contributed by atoms with Crippen LogP contribution >= 0.6 is 31.9 Å². The highest BCUT2D eigenvalue weighted by molar-refractivity contribution is 9.11. The Morgan fingerprint density at radius 1 is 1.00 bits per heavy atom. The Kier molecular flexibility index (Phi) is 7.65. The number of hydrogen-bond acceptors (Lipinski definition) is 3. The van der Waals surface area contributed by atoms with Gasteiger partial charge < -0.3 is 9.30 Å². The molecule has 1 aromatic heterocycles. The molecule has 0 aliphatic rings. The maximum absolute atomic E-state index is 12.6. The topological polar surface area (TPSA) is 55.6 Å². The summed E-state index contributed by atoms with van der Waals surface area (Å²) in [5.41, 5.74) is 8.29. The fraction of sp³-hybridized carbons (Fsp3) is 0.111. The molecule has 4 aromatic rings. The van der Waals surface area contributed by atoms with Crippen molar-refractivity contribution in [3.8, 4) is 22.7 Å². The highest BCUT2D eigenvalue weighted by Gasteiger charge is 2.11. The minimum atomic E-state index is -0.278. The molecule has 1 amide bonds. The number of carbonyl (C=O) groups is 1. The number of aryl methyl sites for hydroxylation is 1. The highest BCUT2D eigenvalue weighted by atomic mass is 79.9. The Hall–Kier alpha value is -3.16. The lowest BCUT2D eigenvalue weighted by Gasteiger charge is -2.12. The van der Waals surface area contributed by atoms with Gasteiger partial charge in [0.15, 0.2) is 0 Å². The average Bonchev–Trinajstić information content (AvgIpc) is 3.23. The van der Waals surface area contributed by atoms with Gasteiger partial charge in [-0.1, -0.05) is 30.3 Å². The molecule has 0 bridgehead atoms. The molecule has 0 aliphatic heterocycles. The summed E-state index contributed by atoms with van der Waals surface area (Å²) in [6.07, 6.45) is 1.59. The molecule has 0 spiro atoms. The van der Waals surface area contributed by atoms with E-state index in [1.54, 1.807) is 18.3 Å². The van der Waals surface area contributed by atoms with Crippen LogP contribution in [0.3, 0.4) is 0 Å². The molecule has 0 atom stereocenters. The summed E-state index contributed by atoms with van der Waals surface area (Å²) in [4.78, 5) is 12.6. The highest BCUT2D eigenvalue weighted by Crippen LogP contribution is 2.34. The molecule has 172 valence electrons. The fourth-order valence-corrected chi connectivity index (χ4v) is 5.09. The van der Waals surface area contributed by atoms with E-state index in [0.29, 0.717) is 12.2 Å². The Balaban J connectivity index is 1.47. The molecule has 5 nitrogen and oxygen atoms in total. The molecule has 0 radical (unpaired) electrons. The summed E-state index contributed by atoms with van der Waals surface area (Å²) >= 11 is 7.00. The number of rotatable bonds is 7. The van der Waals surface area contributed by atoms with Crippen LogP contribution in [0.15, 0.2) is 92.9 Å². The van der Waals surface area contributed by atoms with E-state index in [4.69, 9.17) is 4.74 Å². The van der Waals surface area contributed by atoms with E-state index in [-0.39, 0.29) is 5.91 Å². The van der Waals surface area contributed by atoms with Gasteiger partial charge in [-0.15, -0.1) is 0 Å². The average molecular weight is 581 g/mol. The lowest BCUT2D eigenvalue weighted by molar-refractivity contribution is 0.0955. The first-order valence-corrected chi connectivity index (χ1v) is 12.4. The predicted molar refractivity (Wildman–Crippen MR) is 144 cm³/mol. The summed E-state index contributed by atoms with van der Waals surface area (Å²) in [5, 5.41) is 4.10. The quantitative estimate of drug-likeness (QED) is 0.186. The molecule has 1 N–H and O–H groups in total. The second-order valence-electron chi connectivity index (χ2n) is 7.55. The maximum Gasteiger partial charge on any atom is 0.271 e. The second kappa shape index (κ2) is 10.8. The van der Waals surface area contributed by atoms with Gasteiger partial charge in [0.25, 0.3) is 5.91 Å². The van der Waals surface area contributed by atoms with Crippen molar-refractivity contribution >= 4 is 44.0 Å². The standard InChI is InChI=1S/C27H23Br2N3O2/c1-3-34-26-23(28)15-19(16-24(26)29)17-30-31-27(33)21-10-12-22(13-11-21)32-18(2)9-14-25(32)20-7-5-4-6-8-20/h4-17H,3H2,1-2H3,(H,31,33)/b30-17+. The fourth-order valence-electron chi connectivity index (χ4n) is 3.64. The molecule has 3 aromatic carbocycles. The minimum Gasteiger partial charge on any atom is -0.492 e. The van der Waals surface area contributed by atoms with Crippen molar-refractivity contribution in [3.63, 3.8) is 0 Å². The van der Waals surface area contributed by atoms with Crippen molar-refractivity contribution in [2.45, 2.75) is 13.8 Å². The van der Waals surface area contributed by atoms with E-state index >= 15 is 0 Å². The Labute approximate surface area is 215 Å². The number of amides is 1. The van der Waals surface area contributed by atoms with Gasteiger partial charge in [-0.2, -0.15) is 5.10 Å². The SMILES string of the molecule is CCOc1c(Br)cc(/C=N/NC(=O)c2ccc(-n3c(C)ccc3-c3ccccc3)cc2)cc1Br. The van der Waals surface area contributed by atoms with Crippen molar-refractivity contribution in [2.75, 3.05) is 6.61 Å². The van der Waals surface area contributed by atoms with Crippen molar-refractivity contribution in [2.24, 2.45) is 5.10 Å². The third-order valence-electron chi connectivity index (χ3n) is 5.22. The summed E-state index contributed by atoms with van der Waals surface area (Å²) in [5.74, 6) is 0.455. The van der Waals surface area contributed by atoms with Gasteiger partial charge in [0.1, 0.15) is 5.75 Å². The summed E-state index contributed by atoms with van der Waals surface area (Å²) in [6, 6.07) is 25.7. The number of aromatic nitrogens is 1. The Morgan fingerprint density at radius 3 is 2.32 bits per heavy atom. The van der Waals surface area contributed by atoms with Gasteiger partial charge in [0.05, 0.1) is 27.5 Å². The molecule has 0 aliphatic carbocycles. The van der Waals surface area contributed by atoms with Gasteiger partial charge in [0.2, 0.25) is 0 Å².